The van der Waals surface area contributed by atoms with E-state index in [1.54, 1.807) is 29.2 Å². The molecule has 2 fully saturated rings. The summed E-state index contributed by atoms with van der Waals surface area (Å²) in [4.78, 5) is 47.5. The van der Waals surface area contributed by atoms with Crippen molar-refractivity contribution in [1.29, 1.82) is 0 Å². The number of carbonyl (C=O) groups excluding carboxylic acids is 1. The molecule has 234 valence electrons. The number of aromatic nitrogens is 4. The van der Waals surface area contributed by atoms with Crippen molar-refractivity contribution >= 4 is 40.2 Å². The van der Waals surface area contributed by atoms with E-state index in [0.717, 1.165) is 36.6 Å². The fourth-order valence-corrected chi connectivity index (χ4v) is 6.54. The normalized spacial score (nSPS) is 18.4. The van der Waals surface area contributed by atoms with Crippen LogP contribution in [-0.4, -0.2) is 68.6 Å². The first-order chi connectivity index (χ1) is 21.5. The Kier molecular flexibility index (Phi) is 8.11. The third kappa shape index (κ3) is 5.35. The van der Waals surface area contributed by atoms with Crippen molar-refractivity contribution in [3.8, 4) is 16.9 Å². The lowest BCUT2D eigenvalue weighted by Gasteiger charge is -2.44. The van der Waals surface area contributed by atoms with Crippen LogP contribution in [0.1, 0.15) is 51.3 Å². The van der Waals surface area contributed by atoms with E-state index in [1.165, 1.54) is 16.7 Å². The Morgan fingerprint density at radius 1 is 1.09 bits per heavy atom. The van der Waals surface area contributed by atoms with Crippen molar-refractivity contribution in [1.82, 2.24) is 24.4 Å². The highest BCUT2D eigenvalue weighted by atomic mass is 35.5. The van der Waals surface area contributed by atoms with Gasteiger partial charge in [0.15, 0.2) is 5.65 Å². The summed E-state index contributed by atoms with van der Waals surface area (Å²) in [5.41, 5.74) is 2.45. The number of benzene rings is 1. The molecule has 0 saturated carbocycles. The Labute approximate surface area is 267 Å². The zero-order valence-electron chi connectivity index (χ0n) is 26.2. The smallest absolute Gasteiger partial charge is 0.355 e. The molecule has 2 atom stereocenters. The molecule has 0 bridgehead atoms. The number of piperazine rings is 1. The number of nitrogens with zero attached hydrogens (tertiary/aromatic N) is 7. The van der Waals surface area contributed by atoms with Crippen LogP contribution in [0.3, 0.4) is 0 Å². The summed E-state index contributed by atoms with van der Waals surface area (Å²) in [6.45, 7) is 16.4. The van der Waals surface area contributed by atoms with Crippen LogP contribution in [0.4, 0.5) is 16.0 Å². The van der Waals surface area contributed by atoms with E-state index < -0.39 is 11.5 Å². The van der Waals surface area contributed by atoms with Crippen molar-refractivity contribution in [3.63, 3.8) is 0 Å². The maximum absolute atomic E-state index is 15.1. The fourth-order valence-electron chi connectivity index (χ4n) is 6.29. The summed E-state index contributed by atoms with van der Waals surface area (Å²) in [6, 6.07) is 9.68. The summed E-state index contributed by atoms with van der Waals surface area (Å²) in [7, 11) is 0. The van der Waals surface area contributed by atoms with Crippen molar-refractivity contribution < 1.29 is 9.18 Å². The summed E-state index contributed by atoms with van der Waals surface area (Å²) in [5, 5.41) is 0.775. The maximum atomic E-state index is 15.1. The van der Waals surface area contributed by atoms with Gasteiger partial charge in [0.05, 0.1) is 27.5 Å². The highest BCUT2D eigenvalue weighted by Gasteiger charge is 2.34. The molecule has 1 amide bonds. The lowest BCUT2D eigenvalue weighted by atomic mass is 10.0. The van der Waals surface area contributed by atoms with Crippen molar-refractivity contribution in [3.05, 3.63) is 81.6 Å². The number of carbonyl (C=O) groups is 1. The van der Waals surface area contributed by atoms with Crippen molar-refractivity contribution in [2.45, 2.75) is 59.0 Å². The maximum Gasteiger partial charge on any atom is 0.355 e. The van der Waals surface area contributed by atoms with E-state index in [2.05, 4.69) is 16.5 Å². The van der Waals surface area contributed by atoms with Gasteiger partial charge in [-0.05, 0) is 69.0 Å². The van der Waals surface area contributed by atoms with E-state index >= 15 is 4.39 Å². The molecular weight excluding hydrogens is 593 g/mol. The van der Waals surface area contributed by atoms with Crippen LogP contribution in [0.2, 0.25) is 5.02 Å². The zero-order chi connectivity index (χ0) is 32.2. The SMILES string of the molecule is C=CC(=O)N1CC(C)N(c2nc(=O)n(-c3c(C)cc(N4CCC4)nc3C(C)C)c3nc(-c4ccccc4F)c(Cl)cc23)CC1C. The molecule has 2 unspecified atom stereocenters. The lowest BCUT2D eigenvalue weighted by molar-refractivity contribution is -0.128. The Hall–Kier alpha value is -4.31. The molecule has 1 aromatic carbocycles. The van der Waals surface area contributed by atoms with E-state index in [9.17, 15) is 9.59 Å². The molecule has 0 radical (unpaired) electrons. The number of pyridine rings is 2. The van der Waals surface area contributed by atoms with Gasteiger partial charge in [-0.25, -0.2) is 23.7 Å². The molecule has 2 saturated heterocycles. The number of amides is 1. The molecule has 2 aliphatic rings. The third-order valence-corrected chi connectivity index (χ3v) is 9.08. The van der Waals surface area contributed by atoms with Gasteiger partial charge in [0, 0.05) is 43.8 Å². The number of halogens is 2. The molecule has 5 heterocycles. The van der Waals surface area contributed by atoms with E-state index in [4.69, 9.17) is 21.6 Å². The number of fused-ring (bicyclic) bond motifs is 1. The third-order valence-electron chi connectivity index (χ3n) is 8.79. The van der Waals surface area contributed by atoms with Crippen LogP contribution in [0.15, 0.2) is 53.8 Å². The fraction of sp³-hybridized carbons (Fsp3) is 0.382. The molecule has 3 aromatic heterocycles. The molecule has 45 heavy (non-hydrogen) atoms. The number of hydrogen-bond donors (Lipinski definition) is 0. The first-order valence-electron chi connectivity index (χ1n) is 15.3. The molecule has 11 heteroatoms. The van der Waals surface area contributed by atoms with Crippen LogP contribution >= 0.6 is 11.6 Å². The molecular formula is C34H37ClFN7O2. The molecule has 0 N–H and O–H groups in total. The summed E-state index contributed by atoms with van der Waals surface area (Å²) in [5.74, 6) is 0.661. The number of anilines is 2. The summed E-state index contributed by atoms with van der Waals surface area (Å²) in [6.07, 6.45) is 2.43. The Balaban J connectivity index is 1.63. The minimum atomic E-state index is -0.528. The second kappa shape index (κ2) is 11.9. The second-order valence-corrected chi connectivity index (χ2v) is 12.7. The molecule has 4 aromatic rings. The van der Waals surface area contributed by atoms with Crippen LogP contribution < -0.4 is 15.5 Å². The van der Waals surface area contributed by atoms with Gasteiger partial charge in [-0.15, -0.1) is 0 Å². The van der Waals surface area contributed by atoms with Gasteiger partial charge in [-0.3, -0.25) is 4.79 Å². The predicted molar refractivity (Wildman–Crippen MR) is 177 cm³/mol. The van der Waals surface area contributed by atoms with E-state index in [0.29, 0.717) is 35.6 Å². The highest BCUT2D eigenvalue weighted by molar-refractivity contribution is 6.33. The Morgan fingerprint density at radius 3 is 2.47 bits per heavy atom. The average Bonchev–Trinajstić information content (AvgIpc) is 2.97. The zero-order valence-corrected chi connectivity index (χ0v) is 27.0. The minimum absolute atomic E-state index is 0.0174. The number of aryl methyl sites for hydroxylation is 1. The van der Waals surface area contributed by atoms with Crippen LogP contribution in [0.25, 0.3) is 28.0 Å². The summed E-state index contributed by atoms with van der Waals surface area (Å²) >= 11 is 6.85. The minimum Gasteiger partial charge on any atom is -0.356 e. The molecule has 2 aliphatic heterocycles. The first-order valence-corrected chi connectivity index (χ1v) is 15.7. The second-order valence-electron chi connectivity index (χ2n) is 12.3. The highest BCUT2D eigenvalue weighted by Crippen LogP contribution is 2.37. The van der Waals surface area contributed by atoms with Gasteiger partial charge in [0.25, 0.3) is 0 Å². The number of hydrogen-bond acceptors (Lipinski definition) is 7. The number of rotatable bonds is 6. The van der Waals surface area contributed by atoms with Gasteiger partial charge in [0.2, 0.25) is 5.91 Å². The van der Waals surface area contributed by atoms with Gasteiger partial charge in [-0.1, -0.05) is 44.2 Å². The van der Waals surface area contributed by atoms with Crippen LogP contribution in [0, 0.1) is 12.7 Å². The molecule has 0 aliphatic carbocycles. The van der Waals surface area contributed by atoms with Crippen LogP contribution in [0.5, 0.6) is 0 Å². The Morgan fingerprint density at radius 2 is 1.82 bits per heavy atom. The summed E-state index contributed by atoms with van der Waals surface area (Å²) < 4.78 is 16.6. The predicted octanol–water partition coefficient (Wildman–Crippen LogP) is 5.89. The van der Waals surface area contributed by atoms with Gasteiger partial charge < -0.3 is 14.7 Å². The van der Waals surface area contributed by atoms with E-state index in [1.807, 2.05) is 45.6 Å². The Bertz CT molecular complexity index is 1890. The molecule has 6 rings (SSSR count). The largest absolute Gasteiger partial charge is 0.356 e. The monoisotopic (exact) mass is 629 g/mol. The van der Waals surface area contributed by atoms with E-state index in [-0.39, 0.29) is 40.2 Å². The van der Waals surface area contributed by atoms with Crippen molar-refractivity contribution in [2.24, 2.45) is 0 Å². The van der Waals surface area contributed by atoms with Gasteiger partial charge in [0.1, 0.15) is 17.5 Å². The first kappa shape index (κ1) is 30.7. The standard InChI is InChI=1S/C34H37ClFN7O2/c1-7-28(44)41-17-22(6)42(18-21(41)5)32-24-16-25(35)30(23-11-8-9-12-26(23)36)38-33(24)43(34(45)39-32)31-20(4)15-27(40-13-10-14-40)37-29(31)19(2)3/h7-9,11-12,15-16,19,21-22H,1,10,13-14,17-18H2,2-6H3. The lowest BCUT2D eigenvalue weighted by Crippen LogP contribution is -2.58. The quantitative estimate of drug-likeness (QED) is 0.246. The van der Waals surface area contributed by atoms with Crippen LogP contribution in [-0.2, 0) is 4.79 Å². The van der Waals surface area contributed by atoms with Gasteiger partial charge >= 0.3 is 5.69 Å². The topological polar surface area (TPSA) is 87.5 Å². The molecule has 9 nitrogen and oxygen atoms in total. The molecule has 0 spiro atoms. The van der Waals surface area contributed by atoms with Gasteiger partial charge in [-0.2, -0.15) is 4.98 Å². The average molecular weight is 630 g/mol. The van der Waals surface area contributed by atoms with Crippen molar-refractivity contribution in [2.75, 3.05) is 36.0 Å².